The zero-order valence-corrected chi connectivity index (χ0v) is 13.6. The Labute approximate surface area is 140 Å². The van der Waals surface area contributed by atoms with E-state index in [4.69, 9.17) is 5.73 Å². The van der Waals surface area contributed by atoms with Crippen molar-refractivity contribution in [2.75, 3.05) is 5.32 Å². The van der Waals surface area contributed by atoms with Gasteiger partial charge in [0.1, 0.15) is 11.9 Å². The third kappa shape index (κ3) is 3.17. The van der Waals surface area contributed by atoms with Gasteiger partial charge in [-0.1, -0.05) is 26.0 Å². The number of para-hydroxylation sites is 1. The first-order chi connectivity index (χ1) is 11.6. The van der Waals surface area contributed by atoms with E-state index in [-0.39, 0.29) is 5.92 Å². The second-order valence-electron chi connectivity index (χ2n) is 5.92. The van der Waals surface area contributed by atoms with Crippen LogP contribution in [0.3, 0.4) is 0 Å². The lowest BCUT2D eigenvalue weighted by Crippen LogP contribution is -2.39. The number of rotatable bonds is 5. The van der Waals surface area contributed by atoms with Crippen LogP contribution in [0.15, 0.2) is 48.8 Å². The fourth-order valence-corrected chi connectivity index (χ4v) is 2.53. The maximum atomic E-state index is 11.7. The van der Waals surface area contributed by atoms with Gasteiger partial charge in [-0.15, -0.1) is 0 Å². The number of nitrogens with two attached hydrogens (primary N) is 1. The molecule has 3 rings (SSSR count). The Morgan fingerprint density at radius 2 is 1.79 bits per heavy atom. The van der Waals surface area contributed by atoms with Crippen LogP contribution in [-0.2, 0) is 4.79 Å². The number of amides is 1. The molecule has 2 heterocycles. The van der Waals surface area contributed by atoms with Gasteiger partial charge in [0.15, 0.2) is 5.82 Å². The second kappa shape index (κ2) is 6.62. The number of carbonyl (C=O) groups is 1. The van der Waals surface area contributed by atoms with Gasteiger partial charge in [-0.2, -0.15) is 0 Å². The zero-order valence-electron chi connectivity index (χ0n) is 13.6. The van der Waals surface area contributed by atoms with Crippen molar-refractivity contribution in [1.29, 1.82) is 0 Å². The standard InChI is InChI=1S/C18H19N5O/c1-11(2)15(16(19)24)22-18-13-5-3-4-6-14(13)21-17(23-18)12-7-9-20-10-8-12/h3-11,15H,1-2H3,(H2,19,24)(H,21,22,23). The van der Waals surface area contributed by atoms with E-state index in [0.717, 1.165) is 16.5 Å². The summed E-state index contributed by atoms with van der Waals surface area (Å²) in [5.74, 6) is 0.814. The van der Waals surface area contributed by atoms with Crippen LogP contribution in [0.2, 0.25) is 0 Å². The Morgan fingerprint density at radius 1 is 1.08 bits per heavy atom. The number of fused-ring (bicyclic) bond motifs is 1. The van der Waals surface area contributed by atoms with Gasteiger partial charge in [-0.05, 0) is 30.2 Å². The molecule has 0 aliphatic rings. The smallest absolute Gasteiger partial charge is 0.240 e. The number of primary amides is 1. The largest absolute Gasteiger partial charge is 0.368 e. The summed E-state index contributed by atoms with van der Waals surface area (Å²) in [6, 6.07) is 10.9. The highest BCUT2D eigenvalue weighted by Crippen LogP contribution is 2.25. The number of aromatic nitrogens is 3. The number of carbonyl (C=O) groups excluding carboxylic acids is 1. The van der Waals surface area contributed by atoms with Gasteiger partial charge in [0, 0.05) is 23.3 Å². The second-order valence-corrected chi connectivity index (χ2v) is 5.92. The summed E-state index contributed by atoms with van der Waals surface area (Å²) in [5.41, 5.74) is 7.19. The lowest BCUT2D eigenvalue weighted by atomic mass is 10.0. The van der Waals surface area contributed by atoms with Crippen LogP contribution in [0, 0.1) is 5.92 Å². The molecule has 0 aliphatic carbocycles. The van der Waals surface area contributed by atoms with Crippen LogP contribution in [0.5, 0.6) is 0 Å². The van der Waals surface area contributed by atoms with Crippen molar-refractivity contribution >= 4 is 22.6 Å². The van der Waals surface area contributed by atoms with Gasteiger partial charge in [-0.3, -0.25) is 9.78 Å². The minimum absolute atomic E-state index is 0.0422. The topological polar surface area (TPSA) is 93.8 Å². The van der Waals surface area contributed by atoms with Crippen molar-refractivity contribution in [3.05, 3.63) is 48.8 Å². The van der Waals surface area contributed by atoms with Crippen LogP contribution < -0.4 is 11.1 Å². The SMILES string of the molecule is CC(C)C(Nc1nc(-c2ccncc2)nc2ccccc12)C(N)=O. The molecule has 1 unspecified atom stereocenters. The normalized spacial score (nSPS) is 12.3. The van der Waals surface area contributed by atoms with Crippen LogP contribution in [-0.4, -0.2) is 26.9 Å². The summed E-state index contributed by atoms with van der Waals surface area (Å²) in [7, 11) is 0. The van der Waals surface area contributed by atoms with Gasteiger partial charge in [0.2, 0.25) is 5.91 Å². The summed E-state index contributed by atoms with van der Waals surface area (Å²) in [5, 5.41) is 4.04. The molecule has 6 nitrogen and oxygen atoms in total. The quantitative estimate of drug-likeness (QED) is 0.753. The van der Waals surface area contributed by atoms with Gasteiger partial charge in [-0.25, -0.2) is 9.97 Å². The first kappa shape index (κ1) is 15.9. The molecule has 2 aromatic heterocycles. The van der Waals surface area contributed by atoms with Crippen molar-refractivity contribution in [2.24, 2.45) is 11.7 Å². The van der Waals surface area contributed by atoms with Gasteiger partial charge in [0.25, 0.3) is 0 Å². The van der Waals surface area contributed by atoms with Crippen LogP contribution in [0.25, 0.3) is 22.3 Å². The summed E-state index contributed by atoms with van der Waals surface area (Å²) in [6.07, 6.45) is 3.39. The van der Waals surface area contributed by atoms with E-state index >= 15 is 0 Å². The molecule has 3 aromatic rings. The molecule has 3 N–H and O–H groups in total. The molecule has 0 radical (unpaired) electrons. The molecular formula is C18H19N5O. The third-order valence-electron chi connectivity index (χ3n) is 3.81. The average molecular weight is 321 g/mol. The fourth-order valence-electron chi connectivity index (χ4n) is 2.53. The highest BCUT2D eigenvalue weighted by Gasteiger charge is 2.21. The monoisotopic (exact) mass is 321 g/mol. The maximum Gasteiger partial charge on any atom is 0.240 e. The number of anilines is 1. The van der Waals surface area contributed by atoms with Crippen LogP contribution in [0.4, 0.5) is 5.82 Å². The molecule has 0 fully saturated rings. The van der Waals surface area contributed by atoms with E-state index in [1.54, 1.807) is 12.4 Å². The Bertz CT molecular complexity index is 864. The molecule has 6 heteroatoms. The van der Waals surface area contributed by atoms with E-state index in [0.29, 0.717) is 11.6 Å². The van der Waals surface area contributed by atoms with E-state index in [9.17, 15) is 4.79 Å². The molecule has 122 valence electrons. The highest BCUT2D eigenvalue weighted by molar-refractivity contribution is 5.93. The number of nitrogens with one attached hydrogen (secondary N) is 1. The molecule has 0 saturated carbocycles. The van der Waals surface area contributed by atoms with Crippen molar-refractivity contribution in [1.82, 2.24) is 15.0 Å². The molecule has 0 bridgehead atoms. The summed E-state index contributed by atoms with van der Waals surface area (Å²) >= 11 is 0. The molecule has 1 amide bonds. The summed E-state index contributed by atoms with van der Waals surface area (Å²) in [6.45, 7) is 3.88. The average Bonchev–Trinajstić information content (AvgIpc) is 2.59. The lowest BCUT2D eigenvalue weighted by Gasteiger charge is -2.20. The lowest BCUT2D eigenvalue weighted by molar-refractivity contribution is -0.119. The number of hydrogen-bond donors (Lipinski definition) is 2. The molecule has 24 heavy (non-hydrogen) atoms. The van der Waals surface area contributed by atoms with Crippen molar-refractivity contribution < 1.29 is 4.79 Å². The Morgan fingerprint density at radius 3 is 2.46 bits per heavy atom. The summed E-state index contributed by atoms with van der Waals surface area (Å²) in [4.78, 5) is 25.0. The van der Waals surface area contributed by atoms with Gasteiger partial charge in [0.05, 0.1) is 5.52 Å². The van der Waals surface area contributed by atoms with Crippen molar-refractivity contribution in [2.45, 2.75) is 19.9 Å². The fraction of sp³-hybridized carbons (Fsp3) is 0.222. The Hall–Kier alpha value is -3.02. The highest BCUT2D eigenvalue weighted by atomic mass is 16.1. The number of hydrogen-bond acceptors (Lipinski definition) is 5. The molecule has 0 aliphatic heterocycles. The number of nitrogens with zero attached hydrogens (tertiary/aromatic N) is 3. The Kier molecular flexibility index (Phi) is 4.37. The molecule has 1 aromatic carbocycles. The predicted molar refractivity (Wildman–Crippen MR) is 94.2 cm³/mol. The van der Waals surface area contributed by atoms with E-state index in [2.05, 4.69) is 20.3 Å². The zero-order chi connectivity index (χ0) is 17.1. The Balaban J connectivity index is 2.13. The van der Waals surface area contributed by atoms with Crippen LogP contribution >= 0.6 is 0 Å². The molecular weight excluding hydrogens is 302 g/mol. The van der Waals surface area contributed by atoms with Crippen LogP contribution in [0.1, 0.15) is 13.8 Å². The minimum Gasteiger partial charge on any atom is -0.368 e. The third-order valence-corrected chi connectivity index (χ3v) is 3.81. The maximum absolute atomic E-state index is 11.7. The van der Waals surface area contributed by atoms with Gasteiger partial charge < -0.3 is 11.1 Å². The number of benzene rings is 1. The predicted octanol–water partition coefficient (Wildman–Crippen LogP) is 2.61. The molecule has 0 spiro atoms. The molecule has 0 saturated heterocycles. The summed E-state index contributed by atoms with van der Waals surface area (Å²) < 4.78 is 0. The first-order valence-electron chi connectivity index (χ1n) is 7.79. The van der Waals surface area contributed by atoms with Crippen molar-refractivity contribution in [3.8, 4) is 11.4 Å². The molecule has 1 atom stereocenters. The minimum atomic E-state index is -0.506. The van der Waals surface area contributed by atoms with Crippen molar-refractivity contribution in [3.63, 3.8) is 0 Å². The van der Waals surface area contributed by atoms with Gasteiger partial charge >= 0.3 is 0 Å². The van der Waals surface area contributed by atoms with E-state index in [1.165, 1.54) is 0 Å². The number of pyridine rings is 1. The van der Waals surface area contributed by atoms with E-state index in [1.807, 2.05) is 50.2 Å². The first-order valence-corrected chi connectivity index (χ1v) is 7.79. The van der Waals surface area contributed by atoms with E-state index < -0.39 is 11.9 Å².